The molecule has 234 valence electrons. The van der Waals surface area contributed by atoms with Crippen LogP contribution in [-0.2, 0) is 6.54 Å². The van der Waals surface area contributed by atoms with E-state index >= 15 is 0 Å². The molecule has 2 aliphatic rings. The maximum absolute atomic E-state index is 14.4. The van der Waals surface area contributed by atoms with E-state index in [-0.39, 0.29) is 6.03 Å². The Bertz CT molecular complexity index is 1700. The van der Waals surface area contributed by atoms with Crippen molar-refractivity contribution in [2.75, 3.05) is 67.5 Å². The van der Waals surface area contributed by atoms with Crippen LogP contribution in [0.5, 0.6) is 17.2 Å². The SMILES string of the molecule is COc1ccc(N2C(=O)N(c3c(C)cccc3C)Cc3cnc(Nc4ccc(N5CCN(O)CC5)cc4OC)nc32)c(OC)c1. The highest BCUT2D eigenvalue weighted by atomic mass is 16.5. The van der Waals surface area contributed by atoms with Crippen LogP contribution in [0.4, 0.5) is 39.3 Å². The molecule has 0 spiro atoms. The number of rotatable bonds is 8. The fourth-order valence-corrected chi connectivity index (χ4v) is 5.86. The molecule has 1 aromatic heterocycles. The maximum atomic E-state index is 14.4. The topological polar surface area (TPSA) is 116 Å². The monoisotopic (exact) mass is 611 g/mol. The number of aryl methyl sites for hydroxylation is 2. The van der Waals surface area contributed by atoms with Crippen LogP contribution in [0.15, 0.2) is 60.8 Å². The van der Waals surface area contributed by atoms with Crippen molar-refractivity contribution in [3.8, 4) is 17.2 Å². The number of ether oxygens (including phenoxy) is 3. The number of methoxy groups -OCH3 is 3. The Morgan fingerprint density at radius 3 is 2.29 bits per heavy atom. The lowest BCUT2D eigenvalue weighted by molar-refractivity contribution is -0.0935. The summed E-state index contributed by atoms with van der Waals surface area (Å²) in [6.07, 6.45) is 1.75. The van der Waals surface area contributed by atoms with Gasteiger partial charge in [0.2, 0.25) is 5.95 Å². The second-order valence-corrected chi connectivity index (χ2v) is 11.0. The number of piperazine rings is 1. The minimum absolute atomic E-state index is 0.266. The summed E-state index contributed by atoms with van der Waals surface area (Å²) in [5, 5.41) is 14.4. The fourth-order valence-electron chi connectivity index (χ4n) is 5.86. The number of anilines is 6. The zero-order valence-corrected chi connectivity index (χ0v) is 26.1. The van der Waals surface area contributed by atoms with Gasteiger partial charge in [0.15, 0.2) is 5.82 Å². The number of urea groups is 1. The molecule has 4 aromatic rings. The van der Waals surface area contributed by atoms with Crippen molar-refractivity contribution in [1.82, 2.24) is 15.0 Å². The molecular formula is C33H37N7O5. The summed E-state index contributed by atoms with van der Waals surface area (Å²) in [7, 11) is 4.76. The molecule has 2 amide bonds. The number of carbonyl (C=O) groups is 1. The summed E-state index contributed by atoms with van der Waals surface area (Å²) in [4.78, 5) is 29.5. The fraction of sp³-hybridized carbons (Fsp3) is 0.303. The Morgan fingerprint density at radius 1 is 0.867 bits per heavy atom. The minimum Gasteiger partial charge on any atom is -0.497 e. The van der Waals surface area contributed by atoms with E-state index in [1.807, 2.05) is 50.2 Å². The smallest absolute Gasteiger partial charge is 0.335 e. The van der Waals surface area contributed by atoms with Crippen molar-refractivity contribution in [2.45, 2.75) is 20.4 Å². The molecule has 45 heavy (non-hydrogen) atoms. The van der Waals surface area contributed by atoms with E-state index in [0.717, 1.165) is 28.1 Å². The first kappa shape index (κ1) is 30.0. The highest BCUT2D eigenvalue weighted by Crippen LogP contribution is 2.43. The molecule has 0 unspecified atom stereocenters. The lowest BCUT2D eigenvalue weighted by atomic mass is 10.1. The van der Waals surface area contributed by atoms with Crippen LogP contribution in [-0.4, -0.2) is 73.8 Å². The Balaban J connectivity index is 1.40. The molecule has 0 saturated carbocycles. The molecule has 3 aromatic carbocycles. The number of para-hydroxylation sites is 1. The summed E-state index contributed by atoms with van der Waals surface area (Å²) in [6, 6.07) is 16.9. The molecule has 1 saturated heterocycles. The van der Waals surface area contributed by atoms with Gasteiger partial charge in [0.1, 0.15) is 17.2 Å². The molecule has 0 radical (unpaired) electrons. The van der Waals surface area contributed by atoms with Crippen molar-refractivity contribution in [2.24, 2.45) is 0 Å². The van der Waals surface area contributed by atoms with Gasteiger partial charge in [-0.15, -0.1) is 0 Å². The summed E-state index contributed by atoms with van der Waals surface area (Å²) in [5.41, 5.74) is 5.78. The van der Waals surface area contributed by atoms with Gasteiger partial charge >= 0.3 is 6.03 Å². The first-order valence-electron chi connectivity index (χ1n) is 14.7. The van der Waals surface area contributed by atoms with Crippen molar-refractivity contribution in [3.63, 3.8) is 0 Å². The van der Waals surface area contributed by atoms with Crippen LogP contribution in [0.1, 0.15) is 16.7 Å². The van der Waals surface area contributed by atoms with Crippen molar-refractivity contribution >= 4 is 40.5 Å². The van der Waals surface area contributed by atoms with Gasteiger partial charge in [-0.1, -0.05) is 18.2 Å². The van der Waals surface area contributed by atoms with Crippen LogP contribution < -0.4 is 34.2 Å². The third kappa shape index (κ3) is 5.77. The average molecular weight is 612 g/mol. The summed E-state index contributed by atoms with van der Waals surface area (Å²) < 4.78 is 16.9. The third-order valence-corrected chi connectivity index (χ3v) is 8.19. The normalized spacial score (nSPS) is 15.2. The van der Waals surface area contributed by atoms with Crippen LogP contribution in [0.3, 0.4) is 0 Å². The Labute approximate surface area is 262 Å². The number of amides is 2. The quantitative estimate of drug-likeness (QED) is 0.259. The van der Waals surface area contributed by atoms with Crippen molar-refractivity contribution in [3.05, 3.63) is 77.5 Å². The molecule has 2 aliphatic heterocycles. The van der Waals surface area contributed by atoms with Crippen molar-refractivity contribution in [1.29, 1.82) is 0 Å². The molecule has 0 aliphatic carbocycles. The highest BCUT2D eigenvalue weighted by molar-refractivity contribution is 6.11. The van der Waals surface area contributed by atoms with E-state index in [4.69, 9.17) is 19.2 Å². The van der Waals surface area contributed by atoms with E-state index < -0.39 is 0 Å². The molecule has 0 bridgehead atoms. The van der Waals surface area contributed by atoms with Gasteiger partial charge in [-0.05, 0) is 49.2 Å². The minimum atomic E-state index is -0.266. The standard InChI is InChI=1S/C33H37N7O5/c1-21-7-6-8-22(2)30(21)39-20-23-19-34-32(35-26-11-9-24(17-28(26)44-4)37-13-15-38(42)16-14-37)36-31(23)40(33(39)41)27-12-10-25(43-3)18-29(27)45-5/h6-12,17-19,42H,13-16,20H2,1-5H3,(H,34,35,36). The lowest BCUT2D eigenvalue weighted by Gasteiger charge is -2.37. The van der Waals surface area contributed by atoms with Crippen LogP contribution in [0.25, 0.3) is 0 Å². The zero-order valence-electron chi connectivity index (χ0n) is 26.1. The van der Waals surface area contributed by atoms with Crippen LogP contribution in [0, 0.1) is 13.8 Å². The number of benzene rings is 3. The lowest BCUT2D eigenvalue weighted by Crippen LogP contribution is -2.46. The zero-order chi connectivity index (χ0) is 31.7. The van der Waals surface area contributed by atoms with Gasteiger partial charge in [0.05, 0.1) is 44.9 Å². The molecule has 0 atom stereocenters. The molecule has 3 heterocycles. The van der Waals surface area contributed by atoms with Crippen molar-refractivity contribution < 1.29 is 24.2 Å². The highest BCUT2D eigenvalue weighted by Gasteiger charge is 2.37. The number of hydrogen-bond acceptors (Lipinski definition) is 10. The summed E-state index contributed by atoms with van der Waals surface area (Å²) in [5.74, 6) is 2.43. The maximum Gasteiger partial charge on any atom is 0.335 e. The van der Waals surface area contributed by atoms with Gasteiger partial charge < -0.3 is 29.6 Å². The van der Waals surface area contributed by atoms with Gasteiger partial charge in [-0.25, -0.2) is 14.7 Å². The Hall–Kier alpha value is -5.07. The first-order chi connectivity index (χ1) is 21.8. The van der Waals surface area contributed by atoms with Crippen LogP contribution in [0.2, 0.25) is 0 Å². The summed E-state index contributed by atoms with van der Waals surface area (Å²) >= 11 is 0. The Morgan fingerprint density at radius 2 is 1.60 bits per heavy atom. The molecule has 6 rings (SSSR count). The molecule has 12 heteroatoms. The van der Waals surface area contributed by atoms with Gasteiger partial charge in [0, 0.05) is 55.8 Å². The van der Waals surface area contributed by atoms with Gasteiger partial charge in [-0.3, -0.25) is 4.90 Å². The number of fused-ring (bicyclic) bond motifs is 1. The van der Waals surface area contributed by atoms with Gasteiger partial charge in [-0.2, -0.15) is 10.0 Å². The number of hydrogen-bond donors (Lipinski definition) is 2. The van der Waals surface area contributed by atoms with E-state index in [1.165, 1.54) is 5.06 Å². The number of aromatic nitrogens is 2. The predicted octanol–water partition coefficient (Wildman–Crippen LogP) is 5.65. The van der Waals surface area contributed by atoms with Crippen LogP contribution >= 0.6 is 0 Å². The predicted molar refractivity (Wildman–Crippen MR) is 173 cm³/mol. The third-order valence-electron chi connectivity index (χ3n) is 8.19. The first-order valence-corrected chi connectivity index (χ1v) is 14.7. The number of hydroxylamine groups is 2. The number of nitrogens with one attached hydrogen (secondary N) is 1. The number of nitrogens with zero attached hydrogens (tertiary/aromatic N) is 6. The molecule has 12 nitrogen and oxygen atoms in total. The van der Waals surface area contributed by atoms with E-state index in [0.29, 0.717) is 73.1 Å². The second-order valence-electron chi connectivity index (χ2n) is 11.0. The largest absolute Gasteiger partial charge is 0.497 e. The molecular weight excluding hydrogens is 574 g/mol. The Kier molecular flexibility index (Phi) is 8.33. The molecule has 2 N–H and O–H groups in total. The summed E-state index contributed by atoms with van der Waals surface area (Å²) in [6.45, 7) is 6.85. The second kappa shape index (κ2) is 12.5. The number of carbonyl (C=O) groups excluding carboxylic acids is 1. The van der Waals surface area contributed by atoms with E-state index in [1.54, 1.807) is 55.5 Å². The molecule has 1 fully saturated rings. The average Bonchev–Trinajstić information content (AvgIpc) is 3.05. The van der Waals surface area contributed by atoms with E-state index in [9.17, 15) is 10.0 Å². The van der Waals surface area contributed by atoms with E-state index in [2.05, 4.69) is 15.2 Å². The van der Waals surface area contributed by atoms with Gasteiger partial charge in [0.25, 0.3) is 0 Å².